The first kappa shape index (κ1) is 19.1. The van der Waals surface area contributed by atoms with E-state index in [1.165, 1.54) is 12.1 Å². The Morgan fingerprint density at radius 2 is 1.92 bits per heavy atom. The predicted octanol–water partition coefficient (Wildman–Crippen LogP) is 3.44. The molecule has 2 rings (SSSR count). The number of hydrogen-bond donors (Lipinski definition) is 2. The SMILES string of the molecule is COc1ccc(C=CC(=O)NC(=S)Nc2ccc(C)c([N+](=O)[O-])c2)cc1. The molecule has 7 nitrogen and oxygen atoms in total. The number of nitrogens with zero attached hydrogens (tertiary/aromatic N) is 1. The molecule has 0 unspecified atom stereocenters. The van der Waals surface area contributed by atoms with Crippen LogP contribution in [0.4, 0.5) is 11.4 Å². The number of rotatable bonds is 5. The topological polar surface area (TPSA) is 93.5 Å². The molecule has 0 aliphatic rings. The molecule has 2 aromatic carbocycles. The second kappa shape index (κ2) is 8.72. The van der Waals surface area contributed by atoms with Gasteiger partial charge in [-0.05, 0) is 49.0 Å². The number of hydrogen-bond acceptors (Lipinski definition) is 5. The zero-order chi connectivity index (χ0) is 19.1. The smallest absolute Gasteiger partial charge is 0.274 e. The van der Waals surface area contributed by atoms with Crippen LogP contribution in [0.25, 0.3) is 6.08 Å². The van der Waals surface area contributed by atoms with Crippen molar-refractivity contribution in [2.24, 2.45) is 0 Å². The highest BCUT2D eigenvalue weighted by Gasteiger charge is 2.11. The molecule has 26 heavy (non-hydrogen) atoms. The van der Waals surface area contributed by atoms with Gasteiger partial charge in [0.1, 0.15) is 5.75 Å². The molecular formula is C18H17N3O4S. The van der Waals surface area contributed by atoms with Crippen LogP contribution in [-0.4, -0.2) is 23.1 Å². The zero-order valence-corrected chi connectivity index (χ0v) is 15.0. The van der Waals surface area contributed by atoms with Crippen molar-refractivity contribution in [1.29, 1.82) is 0 Å². The molecule has 0 radical (unpaired) electrons. The summed E-state index contributed by atoms with van der Waals surface area (Å²) < 4.78 is 5.06. The number of aryl methyl sites for hydroxylation is 1. The Morgan fingerprint density at radius 3 is 2.54 bits per heavy atom. The number of nitrogens with one attached hydrogen (secondary N) is 2. The molecule has 2 N–H and O–H groups in total. The van der Waals surface area contributed by atoms with E-state index in [2.05, 4.69) is 10.6 Å². The van der Waals surface area contributed by atoms with E-state index in [4.69, 9.17) is 17.0 Å². The lowest BCUT2D eigenvalue weighted by molar-refractivity contribution is -0.385. The van der Waals surface area contributed by atoms with Gasteiger partial charge >= 0.3 is 0 Å². The van der Waals surface area contributed by atoms with Crippen molar-refractivity contribution in [2.45, 2.75) is 6.92 Å². The second-order valence-electron chi connectivity index (χ2n) is 5.31. The molecule has 0 heterocycles. The van der Waals surface area contributed by atoms with Gasteiger partial charge in [-0.1, -0.05) is 18.2 Å². The molecule has 0 aliphatic carbocycles. The first-order chi connectivity index (χ1) is 12.4. The number of nitro groups is 1. The number of benzene rings is 2. The number of nitro benzene ring substituents is 1. The number of carbonyl (C=O) groups excluding carboxylic acids is 1. The number of thiocarbonyl (C=S) groups is 1. The Kier molecular flexibility index (Phi) is 6.40. The molecule has 0 saturated carbocycles. The van der Waals surface area contributed by atoms with Crippen LogP contribution in [0, 0.1) is 17.0 Å². The van der Waals surface area contributed by atoms with Crippen LogP contribution in [0.2, 0.25) is 0 Å². The van der Waals surface area contributed by atoms with Gasteiger partial charge in [0.25, 0.3) is 5.69 Å². The van der Waals surface area contributed by atoms with Gasteiger partial charge in [0.15, 0.2) is 5.11 Å². The van der Waals surface area contributed by atoms with E-state index in [0.717, 1.165) is 11.3 Å². The normalized spacial score (nSPS) is 10.4. The zero-order valence-electron chi connectivity index (χ0n) is 14.2. The standard InChI is InChI=1S/C18H17N3O4S/c1-12-3-7-14(11-16(12)21(23)24)19-18(26)20-17(22)10-6-13-4-8-15(25-2)9-5-13/h3-11H,1-2H3,(H2,19,20,22,26). The summed E-state index contributed by atoms with van der Waals surface area (Å²) in [5.41, 5.74) is 1.77. The van der Waals surface area contributed by atoms with Gasteiger partial charge in [-0.3, -0.25) is 20.2 Å². The maximum Gasteiger partial charge on any atom is 0.274 e. The first-order valence-electron chi connectivity index (χ1n) is 7.58. The van der Waals surface area contributed by atoms with Crippen LogP contribution in [-0.2, 0) is 4.79 Å². The van der Waals surface area contributed by atoms with Crippen molar-refractivity contribution in [3.63, 3.8) is 0 Å². The highest BCUT2D eigenvalue weighted by molar-refractivity contribution is 7.80. The molecule has 8 heteroatoms. The molecule has 0 fully saturated rings. The molecule has 1 amide bonds. The monoisotopic (exact) mass is 371 g/mol. The van der Waals surface area contributed by atoms with Crippen molar-refractivity contribution < 1.29 is 14.5 Å². The van der Waals surface area contributed by atoms with E-state index in [9.17, 15) is 14.9 Å². The molecule has 134 valence electrons. The summed E-state index contributed by atoms with van der Waals surface area (Å²) in [5, 5.41) is 16.2. The lowest BCUT2D eigenvalue weighted by Gasteiger charge is -2.08. The van der Waals surface area contributed by atoms with Gasteiger partial charge in [-0.15, -0.1) is 0 Å². The van der Waals surface area contributed by atoms with Crippen LogP contribution in [0.5, 0.6) is 5.75 Å². The third-order valence-electron chi connectivity index (χ3n) is 3.44. The van der Waals surface area contributed by atoms with E-state index in [-0.39, 0.29) is 10.8 Å². The fourth-order valence-electron chi connectivity index (χ4n) is 2.09. The van der Waals surface area contributed by atoms with Crippen molar-refractivity contribution >= 4 is 40.7 Å². The first-order valence-corrected chi connectivity index (χ1v) is 7.99. The summed E-state index contributed by atoms with van der Waals surface area (Å²) in [4.78, 5) is 22.4. The predicted molar refractivity (Wildman–Crippen MR) is 104 cm³/mol. The minimum absolute atomic E-state index is 0.0245. The number of anilines is 1. The summed E-state index contributed by atoms with van der Waals surface area (Å²) in [6.07, 6.45) is 2.97. The van der Waals surface area contributed by atoms with Crippen LogP contribution in [0.1, 0.15) is 11.1 Å². The Morgan fingerprint density at radius 1 is 1.23 bits per heavy atom. The average Bonchev–Trinajstić information content (AvgIpc) is 2.61. The van der Waals surface area contributed by atoms with Crippen molar-refractivity contribution in [2.75, 3.05) is 12.4 Å². The second-order valence-corrected chi connectivity index (χ2v) is 5.72. The van der Waals surface area contributed by atoms with E-state index in [1.54, 1.807) is 44.4 Å². The summed E-state index contributed by atoms with van der Waals surface area (Å²) >= 11 is 5.05. The van der Waals surface area contributed by atoms with Crippen LogP contribution in [0.3, 0.4) is 0 Å². The maximum atomic E-state index is 11.9. The fraction of sp³-hybridized carbons (Fsp3) is 0.111. The van der Waals surface area contributed by atoms with Gasteiger partial charge in [0.05, 0.1) is 12.0 Å². The summed E-state index contributed by atoms with van der Waals surface area (Å²) in [7, 11) is 1.58. The molecule has 2 aromatic rings. The lowest BCUT2D eigenvalue weighted by atomic mass is 10.2. The molecule has 0 bridgehead atoms. The lowest BCUT2D eigenvalue weighted by Crippen LogP contribution is -2.32. The number of amides is 1. The highest BCUT2D eigenvalue weighted by atomic mass is 32.1. The number of methoxy groups -OCH3 is 1. The third-order valence-corrected chi connectivity index (χ3v) is 3.65. The van der Waals surface area contributed by atoms with Crippen molar-refractivity contribution in [3.05, 3.63) is 69.8 Å². The summed E-state index contributed by atoms with van der Waals surface area (Å²) in [5.74, 6) is 0.309. The van der Waals surface area contributed by atoms with Crippen LogP contribution >= 0.6 is 12.2 Å². The minimum atomic E-state index is -0.472. The van der Waals surface area contributed by atoms with Crippen molar-refractivity contribution in [1.82, 2.24) is 5.32 Å². The molecule has 0 atom stereocenters. The van der Waals surface area contributed by atoms with Gasteiger partial charge in [0.2, 0.25) is 5.91 Å². The van der Waals surface area contributed by atoms with Gasteiger partial charge in [-0.2, -0.15) is 0 Å². The molecule has 0 saturated heterocycles. The van der Waals surface area contributed by atoms with E-state index >= 15 is 0 Å². The Balaban J connectivity index is 1.94. The molecule has 0 aromatic heterocycles. The minimum Gasteiger partial charge on any atom is -0.497 e. The highest BCUT2D eigenvalue weighted by Crippen LogP contribution is 2.22. The van der Waals surface area contributed by atoms with Gasteiger partial charge in [0, 0.05) is 23.4 Å². The Labute approximate surface area is 155 Å². The van der Waals surface area contributed by atoms with Crippen molar-refractivity contribution in [3.8, 4) is 5.75 Å². The van der Waals surface area contributed by atoms with E-state index in [0.29, 0.717) is 11.3 Å². The summed E-state index contributed by atoms with van der Waals surface area (Å²) in [6, 6.07) is 11.8. The van der Waals surface area contributed by atoms with Crippen LogP contribution in [0.15, 0.2) is 48.5 Å². The number of ether oxygens (including phenoxy) is 1. The van der Waals surface area contributed by atoms with Crippen LogP contribution < -0.4 is 15.4 Å². The van der Waals surface area contributed by atoms with Gasteiger partial charge in [-0.25, -0.2) is 0 Å². The van der Waals surface area contributed by atoms with E-state index in [1.807, 2.05) is 12.1 Å². The third kappa shape index (κ3) is 5.38. The Bertz CT molecular complexity index is 863. The summed E-state index contributed by atoms with van der Waals surface area (Å²) in [6.45, 7) is 1.64. The molecule has 0 spiro atoms. The Hall–Kier alpha value is -3.26. The molecular weight excluding hydrogens is 354 g/mol. The quantitative estimate of drug-likeness (QED) is 0.362. The van der Waals surface area contributed by atoms with E-state index < -0.39 is 10.8 Å². The average molecular weight is 371 g/mol. The number of carbonyl (C=O) groups is 1. The largest absolute Gasteiger partial charge is 0.497 e. The van der Waals surface area contributed by atoms with Gasteiger partial charge < -0.3 is 10.1 Å². The maximum absolute atomic E-state index is 11.9. The molecule has 0 aliphatic heterocycles. The fourth-order valence-corrected chi connectivity index (χ4v) is 2.31.